The van der Waals surface area contributed by atoms with Gasteiger partial charge in [-0.2, -0.15) is 0 Å². The van der Waals surface area contributed by atoms with Crippen molar-refractivity contribution in [3.8, 4) is 0 Å². The van der Waals surface area contributed by atoms with Crippen LogP contribution in [-0.4, -0.2) is 41.0 Å². The van der Waals surface area contributed by atoms with Crippen molar-refractivity contribution in [3.05, 3.63) is 53.6 Å². The molecule has 2 aromatic heterocycles. The minimum absolute atomic E-state index is 0.730. The molecule has 1 aliphatic heterocycles. The molecule has 104 valence electrons. The molecular weight excluding hydrogens is 272 g/mol. The summed E-state index contributed by atoms with van der Waals surface area (Å²) in [6.07, 6.45) is 7.25. The summed E-state index contributed by atoms with van der Waals surface area (Å²) in [5, 5.41) is 0.730. The number of anilines is 1. The van der Waals surface area contributed by atoms with E-state index in [0.29, 0.717) is 0 Å². The van der Waals surface area contributed by atoms with E-state index in [9.17, 15) is 0 Å². The molecule has 0 aromatic carbocycles. The Morgan fingerprint density at radius 1 is 1.00 bits per heavy atom. The van der Waals surface area contributed by atoms with Crippen molar-refractivity contribution in [1.29, 1.82) is 0 Å². The maximum atomic E-state index is 6.20. The Kier molecular flexibility index (Phi) is 4.14. The van der Waals surface area contributed by atoms with Crippen LogP contribution in [0.25, 0.3) is 0 Å². The van der Waals surface area contributed by atoms with Crippen molar-refractivity contribution in [2.45, 2.75) is 6.54 Å². The van der Waals surface area contributed by atoms with Crippen LogP contribution in [0.3, 0.4) is 0 Å². The fourth-order valence-electron chi connectivity index (χ4n) is 2.52. The Morgan fingerprint density at radius 3 is 2.50 bits per heavy atom. The molecular formula is C15H17ClN4. The van der Waals surface area contributed by atoms with Crippen LogP contribution in [0.15, 0.2) is 43.0 Å². The predicted octanol–water partition coefficient (Wildman–Crippen LogP) is 2.45. The van der Waals surface area contributed by atoms with Crippen molar-refractivity contribution in [2.75, 3.05) is 31.1 Å². The zero-order valence-electron chi connectivity index (χ0n) is 11.2. The smallest absolute Gasteiger partial charge is 0.0822 e. The van der Waals surface area contributed by atoms with Crippen LogP contribution in [0, 0.1) is 0 Å². The van der Waals surface area contributed by atoms with Crippen molar-refractivity contribution in [2.24, 2.45) is 0 Å². The topological polar surface area (TPSA) is 32.3 Å². The summed E-state index contributed by atoms with van der Waals surface area (Å²) in [6, 6.07) is 6.10. The van der Waals surface area contributed by atoms with Crippen LogP contribution in [0.5, 0.6) is 0 Å². The Balaban J connectivity index is 1.59. The number of aromatic nitrogens is 2. The number of pyridine rings is 2. The summed E-state index contributed by atoms with van der Waals surface area (Å²) >= 11 is 6.20. The normalized spacial score (nSPS) is 16.4. The summed E-state index contributed by atoms with van der Waals surface area (Å²) in [5.74, 6) is 0. The first kappa shape index (κ1) is 13.3. The molecule has 0 radical (unpaired) electrons. The van der Waals surface area contributed by atoms with E-state index in [4.69, 9.17) is 11.6 Å². The molecule has 0 N–H and O–H groups in total. The number of halogens is 1. The Bertz CT molecular complexity index is 553. The van der Waals surface area contributed by atoms with E-state index in [1.165, 1.54) is 5.56 Å². The third kappa shape index (κ3) is 3.08. The lowest BCUT2D eigenvalue weighted by atomic mass is 10.2. The third-order valence-electron chi connectivity index (χ3n) is 3.59. The SMILES string of the molecule is Clc1cnccc1N1CCN(Cc2cccnc2)CC1. The van der Waals surface area contributed by atoms with Gasteiger partial charge in [-0.1, -0.05) is 17.7 Å². The highest BCUT2D eigenvalue weighted by atomic mass is 35.5. The molecule has 0 unspecified atom stereocenters. The molecule has 2 aromatic rings. The van der Waals surface area contributed by atoms with Crippen LogP contribution in [0.1, 0.15) is 5.56 Å². The zero-order valence-corrected chi connectivity index (χ0v) is 12.0. The Labute approximate surface area is 124 Å². The largest absolute Gasteiger partial charge is 0.368 e. The summed E-state index contributed by atoms with van der Waals surface area (Å²) in [6.45, 7) is 5.01. The van der Waals surface area contributed by atoms with Crippen molar-refractivity contribution in [3.63, 3.8) is 0 Å². The molecule has 5 heteroatoms. The number of nitrogens with zero attached hydrogens (tertiary/aromatic N) is 4. The van der Waals surface area contributed by atoms with Gasteiger partial charge >= 0.3 is 0 Å². The first-order chi connectivity index (χ1) is 9.83. The molecule has 0 bridgehead atoms. The van der Waals surface area contributed by atoms with Crippen LogP contribution in [0.4, 0.5) is 5.69 Å². The molecule has 4 nitrogen and oxygen atoms in total. The highest BCUT2D eigenvalue weighted by Gasteiger charge is 2.18. The van der Waals surface area contributed by atoms with E-state index in [-0.39, 0.29) is 0 Å². The Hall–Kier alpha value is -1.65. The van der Waals surface area contributed by atoms with Crippen molar-refractivity contribution >= 4 is 17.3 Å². The van der Waals surface area contributed by atoms with Gasteiger partial charge in [-0.15, -0.1) is 0 Å². The van der Waals surface area contributed by atoms with Gasteiger partial charge in [-0.25, -0.2) is 0 Å². The van der Waals surface area contributed by atoms with Gasteiger partial charge in [0.2, 0.25) is 0 Å². The quantitative estimate of drug-likeness (QED) is 0.868. The van der Waals surface area contributed by atoms with Gasteiger partial charge in [-0.3, -0.25) is 14.9 Å². The molecule has 1 saturated heterocycles. The highest BCUT2D eigenvalue weighted by molar-refractivity contribution is 6.33. The molecule has 20 heavy (non-hydrogen) atoms. The van der Waals surface area contributed by atoms with E-state index in [1.807, 2.05) is 24.5 Å². The second-order valence-corrected chi connectivity index (χ2v) is 5.36. The lowest BCUT2D eigenvalue weighted by molar-refractivity contribution is 0.249. The van der Waals surface area contributed by atoms with E-state index < -0.39 is 0 Å². The molecule has 1 aliphatic rings. The predicted molar refractivity (Wildman–Crippen MR) is 81.0 cm³/mol. The second-order valence-electron chi connectivity index (χ2n) is 4.95. The lowest BCUT2D eigenvalue weighted by Gasteiger charge is -2.36. The summed E-state index contributed by atoms with van der Waals surface area (Å²) in [7, 11) is 0. The molecule has 0 saturated carbocycles. The molecule has 1 fully saturated rings. The van der Waals surface area contributed by atoms with Gasteiger partial charge in [0, 0.05) is 57.5 Å². The van der Waals surface area contributed by atoms with Crippen LogP contribution < -0.4 is 4.90 Å². The van der Waals surface area contributed by atoms with Crippen molar-refractivity contribution in [1.82, 2.24) is 14.9 Å². The van der Waals surface area contributed by atoms with Crippen molar-refractivity contribution < 1.29 is 0 Å². The molecule has 0 amide bonds. The van der Waals surface area contributed by atoms with Gasteiger partial charge in [0.15, 0.2) is 0 Å². The standard InChI is InChI=1S/C15H17ClN4/c16-14-11-18-5-3-15(14)20-8-6-19(7-9-20)12-13-2-1-4-17-10-13/h1-5,10-11H,6-9,12H2. The average Bonchev–Trinajstić information content (AvgIpc) is 2.50. The zero-order chi connectivity index (χ0) is 13.8. The second kappa shape index (κ2) is 6.20. The first-order valence-corrected chi connectivity index (χ1v) is 7.16. The fourth-order valence-corrected chi connectivity index (χ4v) is 2.76. The van der Waals surface area contributed by atoms with Gasteiger partial charge in [0.05, 0.1) is 10.7 Å². The molecule has 0 atom stereocenters. The van der Waals surface area contributed by atoms with Gasteiger partial charge in [-0.05, 0) is 17.7 Å². The Morgan fingerprint density at radius 2 is 1.80 bits per heavy atom. The van der Waals surface area contributed by atoms with Crippen LogP contribution >= 0.6 is 11.6 Å². The van der Waals surface area contributed by atoms with Crippen LogP contribution in [-0.2, 0) is 6.54 Å². The van der Waals surface area contributed by atoms with E-state index in [2.05, 4.69) is 25.8 Å². The van der Waals surface area contributed by atoms with E-state index >= 15 is 0 Å². The number of hydrogen-bond donors (Lipinski definition) is 0. The third-order valence-corrected chi connectivity index (χ3v) is 3.88. The summed E-state index contributed by atoms with van der Waals surface area (Å²) in [4.78, 5) is 13.0. The summed E-state index contributed by atoms with van der Waals surface area (Å²) in [5.41, 5.74) is 2.35. The number of piperazine rings is 1. The van der Waals surface area contributed by atoms with Gasteiger partial charge in [0.25, 0.3) is 0 Å². The monoisotopic (exact) mass is 288 g/mol. The minimum atomic E-state index is 0.730. The highest BCUT2D eigenvalue weighted by Crippen LogP contribution is 2.25. The first-order valence-electron chi connectivity index (χ1n) is 6.78. The number of rotatable bonds is 3. The fraction of sp³-hybridized carbons (Fsp3) is 0.333. The number of hydrogen-bond acceptors (Lipinski definition) is 4. The minimum Gasteiger partial charge on any atom is -0.368 e. The maximum absolute atomic E-state index is 6.20. The lowest BCUT2D eigenvalue weighted by Crippen LogP contribution is -2.46. The molecule has 0 spiro atoms. The average molecular weight is 289 g/mol. The van der Waals surface area contributed by atoms with Crippen LogP contribution in [0.2, 0.25) is 5.02 Å². The van der Waals surface area contributed by atoms with Gasteiger partial charge in [0.1, 0.15) is 0 Å². The summed E-state index contributed by atoms with van der Waals surface area (Å²) < 4.78 is 0. The maximum Gasteiger partial charge on any atom is 0.0822 e. The molecule has 0 aliphatic carbocycles. The van der Waals surface area contributed by atoms with Gasteiger partial charge < -0.3 is 4.90 Å². The molecule has 3 heterocycles. The van der Waals surface area contributed by atoms with E-state index in [1.54, 1.807) is 12.4 Å². The molecule has 3 rings (SSSR count). The van der Waals surface area contributed by atoms with E-state index in [0.717, 1.165) is 43.4 Å².